The van der Waals surface area contributed by atoms with Gasteiger partial charge >= 0.3 is 0 Å². The minimum atomic E-state index is -0.190. The van der Waals surface area contributed by atoms with E-state index in [-0.39, 0.29) is 23.8 Å². The maximum Gasteiger partial charge on any atom is 0.251 e. The van der Waals surface area contributed by atoms with Gasteiger partial charge in [-0.25, -0.2) is 10.4 Å². The molecular formula is C26H27N7O2. The monoisotopic (exact) mass is 469 g/mol. The van der Waals surface area contributed by atoms with Gasteiger partial charge < -0.3 is 21.0 Å². The number of fused-ring (bicyclic) bond motifs is 2. The molecule has 1 aromatic carbocycles. The van der Waals surface area contributed by atoms with Gasteiger partial charge in [0.25, 0.3) is 5.91 Å². The van der Waals surface area contributed by atoms with Gasteiger partial charge in [0.05, 0.1) is 17.9 Å². The number of hydrogen-bond donors (Lipinski definition) is 5. The van der Waals surface area contributed by atoms with Crippen LogP contribution in [0.4, 0.5) is 11.5 Å². The SMILES string of the molecule is CNC(=O)c1cccc2[nH]c(C3NNc4ncc(-c5cncc(NC(=O)CC(C)C)c5)cc43)cc12. The molecule has 0 bridgehead atoms. The molecule has 1 unspecified atom stereocenters. The lowest BCUT2D eigenvalue weighted by atomic mass is 10.0. The van der Waals surface area contributed by atoms with Crippen molar-refractivity contribution < 1.29 is 9.59 Å². The Bertz CT molecular complexity index is 1430. The molecule has 0 saturated heterocycles. The molecule has 5 rings (SSSR count). The van der Waals surface area contributed by atoms with E-state index in [1.165, 1.54) is 0 Å². The number of rotatable bonds is 6. The molecule has 4 aromatic rings. The van der Waals surface area contributed by atoms with Gasteiger partial charge in [0.1, 0.15) is 5.82 Å². The van der Waals surface area contributed by atoms with Gasteiger partial charge in [-0.2, -0.15) is 0 Å². The Hall–Kier alpha value is -4.24. The largest absolute Gasteiger partial charge is 0.357 e. The highest BCUT2D eigenvalue weighted by Crippen LogP contribution is 2.36. The second-order valence-corrected chi connectivity index (χ2v) is 9.04. The predicted molar refractivity (Wildman–Crippen MR) is 136 cm³/mol. The standard InChI is InChI=1S/C26H27N7O2/c1-14(2)7-23(34)30-17-8-15(11-28-13-17)16-9-20-24(32-33-25(20)29-12-16)22-10-19-18(26(35)27-3)5-4-6-21(19)31-22/h4-6,8-14,24,31-32H,7H2,1-3H3,(H,27,35)(H,29,33)(H,30,34). The van der Waals surface area contributed by atoms with Gasteiger partial charge in [0.15, 0.2) is 0 Å². The number of nitrogens with zero attached hydrogens (tertiary/aromatic N) is 2. The zero-order chi connectivity index (χ0) is 24.5. The molecule has 3 aromatic heterocycles. The second-order valence-electron chi connectivity index (χ2n) is 9.04. The Balaban J connectivity index is 1.46. The molecule has 0 radical (unpaired) electrons. The molecule has 4 heterocycles. The van der Waals surface area contributed by atoms with Crippen LogP contribution in [0.25, 0.3) is 22.0 Å². The Morgan fingerprint density at radius 2 is 1.91 bits per heavy atom. The first kappa shape index (κ1) is 22.5. The molecule has 2 amide bonds. The molecule has 0 spiro atoms. The van der Waals surface area contributed by atoms with Crippen molar-refractivity contribution in [3.8, 4) is 11.1 Å². The Morgan fingerprint density at radius 3 is 2.71 bits per heavy atom. The van der Waals surface area contributed by atoms with E-state index < -0.39 is 0 Å². The molecule has 5 N–H and O–H groups in total. The molecular weight excluding hydrogens is 442 g/mol. The number of pyridine rings is 2. The molecule has 1 aliphatic rings. The highest BCUT2D eigenvalue weighted by atomic mass is 16.2. The lowest BCUT2D eigenvalue weighted by molar-refractivity contribution is -0.116. The summed E-state index contributed by atoms with van der Waals surface area (Å²) in [7, 11) is 1.63. The second kappa shape index (κ2) is 9.19. The summed E-state index contributed by atoms with van der Waals surface area (Å²) >= 11 is 0. The minimum Gasteiger partial charge on any atom is -0.357 e. The third-order valence-corrected chi connectivity index (χ3v) is 5.98. The van der Waals surface area contributed by atoms with E-state index in [1.807, 2.05) is 44.2 Å². The van der Waals surface area contributed by atoms with E-state index in [0.29, 0.717) is 17.7 Å². The fourth-order valence-electron chi connectivity index (χ4n) is 4.34. The molecule has 1 aliphatic heterocycles. The van der Waals surface area contributed by atoms with Crippen molar-refractivity contribution in [2.45, 2.75) is 26.3 Å². The normalized spacial score (nSPS) is 14.6. The summed E-state index contributed by atoms with van der Waals surface area (Å²) in [4.78, 5) is 36.8. The molecule has 9 nitrogen and oxygen atoms in total. The van der Waals surface area contributed by atoms with Gasteiger partial charge in [-0.05, 0) is 36.2 Å². The number of benzene rings is 1. The summed E-state index contributed by atoms with van der Waals surface area (Å²) in [6.45, 7) is 4.02. The number of aromatic nitrogens is 3. The van der Waals surface area contributed by atoms with E-state index in [0.717, 1.165) is 39.1 Å². The summed E-state index contributed by atoms with van der Waals surface area (Å²) in [5, 5.41) is 6.47. The first-order valence-corrected chi connectivity index (χ1v) is 11.5. The van der Waals surface area contributed by atoms with Gasteiger partial charge in [0, 0.05) is 64.7 Å². The van der Waals surface area contributed by atoms with Crippen molar-refractivity contribution in [2.75, 3.05) is 17.8 Å². The third kappa shape index (κ3) is 4.45. The highest BCUT2D eigenvalue weighted by molar-refractivity contribution is 6.06. The van der Waals surface area contributed by atoms with E-state index in [1.54, 1.807) is 25.6 Å². The van der Waals surface area contributed by atoms with Crippen LogP contribution in [0.2, 0.25) is 0 Å². The molecule has 178 valence electrons. The van der Waals surface area contributed by atoms with Crippen LogP contribution < -0.4 is 21.5 Å². The zero-order valence-corrected chi connectivity index (χ0v) is 19.8. The number of nitrogens with one attached hydrogen (secondary N) is 5. The zero-order valence-electron chi connectivity index (χ0n) is 19.8. The highest BCUT2D eigenvalue weighted by Gasteiger charge is 2.27. The summed E-state index contributed by atoms with van der Waals surface area (Å²) in [6.07, 6.45) is 5.63. The van der Waals surface area contributed by atoms with Crippen molar-refractivity contribution in [3.05, 3.63) is 71.8 Å². The third-order valence-electron chi connectivity index (χ3n) is 5.98. The first-order valence-electron chi connectivity index (χ1n) is 11.5. The molecule has 0 saturated carbocycles. The van der Waals surface area contributed by atoms with Crippen LogP contribution in [-0.4, -0.2) is 33.8 Å². The molecule has 0 aliphatic carbocycles. The van der Waals surface area contributed by atoms with Gasteiger partial charge in [-0.1, -0.05) is 19.9 Å². The minimum absolute atomic E-state index is 0.0329. The van der Waals surface area contributed by atoms with Crippen molar-refractivity contribution >= 4 is 34.2 Å². The topological polar surface area (TPSA) is 124 Å². The summed E-state index contributed by atoms with van der Waals surface area (Å²) in [6, 6.07) is 11.4. The van der Waals surface area contributed by atoms with Crippen molar-refractivity contribution in [2.24, 2.45) is 5.92 Å². The maximum absolute atomic E-state index is 12.3. The molecule has 35 heavy (non-hydrogen) atoms. The summed E-state index contributed by atoms with van der Waals surface area (Å²) in [5.74, 6) is 0.852. The van der Waals surface area contributed by atoms with E-state index in [9.17, 15) is 9.59 Å². The van der Waals surface area contributed by atoms with E-state index >= 15 is 0 Å². The number of amides is 2. The van der Waals surface area contributed by atoms with Gasteiger partial charge in [-0.15, -0.1) is 0 Å². The van der Waals surface area contributed by atoms with Crippen LogP contribution in [0, 0.1) is 5.92 Å². The number of aromatic amines is 1. The summed E-state index contributed by atoms with van der Waals surface area (Å²) < 4.78 is 0. The average molecular weight is 470 g/mol. The van der Waals surface area contributed by atoms with E-state index in [4.69, 9.17) is 0 Å². The lowest BCUT2D eigenvalue weighted by Crippen LogP contribution is -2.20. The smallest absolute Gasteiger partial charge is 0.251 e. The Labute approximate surface area is 202 Å². The lowest BCUT2D eigenvalue weighted by Gasteiger charge is -2.11. The van der Waals surface area contributed by atoms with Crippen molar-refractivity contribution in [1.82, 2.24) is 25.7 Å². The number of anilines is 2. The number of carbonyl (C=O) groups is 2. The van der Waals surface area contributed by atoms with Gasteiger partial charge in [0.2, 0.25) is 5.91 Å². The molecule has 0 fully saturated rings. The molecule has 1 atom stereocenters. The van der Waals surface area contributed by atoms with E-state index in [2.05, 4.69) is 42.5 Å². The van der Waals surface area contributed by atoms with Crippen LogP contribution in [0.1, 0.15) is 47.9 Å². The quantitative estimate of drug-likeness (QED) is 0.291. The number of hydrogen-bond acceptors (Lipinski definition) is 6. The number of H-pyrrole nitrogens is 1. The van der Waals surface area contributed by atoms with Crippen molar-refractivity contribution in [1.29, 1.82) is 0 Å². The summed E-state index contributed by atoms with van der Waals surface area (Å²) in [5.41, 5.74) is 12.2. The number of hydrazine groups is 1. The Morgan fingerprint density at radius 1 is 1.09 bits per heavy atom. The average Bonchev–Trinajstić information content (AvgIpc) is 3.46. The number of carbonyl (C=O) groups excluding carboxylic acids is 2. The predicted octanol–water partition coefficient (Wildman–Crippen LogP) is 3.99. The van der Waals surface area contributed by atoms with Crippen LogP contribution in [-0.2, 0) is 4.79 Å². The van der Waals surface area contributed by atoms with Crippen LogP contribution >= 0.6 is 0 Å². The fraction of sp³-hybridized carbons (Fsp3) is 0.231. The van der Waals surface area contributed by atoms with Crippen LogP contribution in [0.15, 0.2) is 55.0 Å². The van der Waals surface area contributed by atoms with Crippen molar-refractivity contribution in [3.63, 3.8) is 0 Å². The maximum atomic E-state index is 12.3. The first-order chi connectivity index (χ1) is 16.9. The van der Waals surface area contributed by atoms with Crippen LogP contribution in [0.3, 0.4) is 0 Å². The van der Waals surface area contributed by atoms with Crippen LogP contribution in [0.5, 0.6) is 0 Å². The fourth-order valence-corrected chi connectivity index (χ4v) is 4.34. The Kier molecular flexibility index (Phi) is 5.92. The van der Waals surface area contributed by atoms with Gasteiger partial charge in [-0.3, -0.25) is 14.6 Å². The molecule has 9 heteroatoms.